The van der Waals surface area contributed by atoms with Crippen molar-refractivity contribution in [1.82, 2.24) is 10.2 Å². The molecule has 0 bridgehead atoms. The molecule has 122 valence electrons. The third-order valence-electron chi connectivity index (χ3n) is 3.36. The van der Waals surface area contributed by atoms with Crippen molar-refractivity contribution in [3.8, 4) is 0 Å². The number of aldehydes is 1. The van der Waals surface area contributed by atoms with E-state index in [4.69, 9.17) is 4.74 Å². The summed E-state index contributed by atoms with van der Waals surface area (Å²) >= 11 is 0. The number of hydrogen-bond acceptors (Lipinski definition) is 4. The number of nitrogens with zero attached hydrogens (tertiary/aromatic N) is 1. The van der Waals surface area contributed by atoms with Crippen LogP contribution >= 0.6 is 0 Å². The molecule has 5 heteroatoms. The van der Waals surface area contributed by atoms with Crippen molar-refractivity contribution < 1.29 is 14.3 Å². The van der Waals surface area contributed by atoms with Crippen LogP contribution in [0.2, 0.25) is 0 Å². The zero-order valence-corrected chi connectivity index (χ0v) is 14.2. The van der Waals surface area contributed by atoms with Gasteiger partial charge in [0.2, 0.25) is 0 Å². The lowest BCUT2D eigenvalue weighted by Crippen LogP contribution is -2.53. The highest BCUT2D eigenvalue weighted by atomic mass is 16.6. The first-order valence-electron chi connectivity index (χ1n) is 7.73. The minimum Gasteiger partial charge on any atom is -0.444 e. The molecule has 1 aliphatic rings. The fraction of sp³-hybridized carbons (Fsp3) is 0.875. The van der Waals surface area contributed by atoms with Crippen molar-refractivity contribution >= 4 is 12.4 Å². The SMILES string of the molecule is CC(C)(C)NC(C=O)C1CCCN(C(=O)OC(C)(C)C)C1. The van der Waals surface area contributed by atoms with Crippen LogP contribution in [0.15, 0.2) is 0 Å². The molecular formula is C16H30N2O3. The number of rotatable bonds is 3. The van der Waals surface area contributed by atoms with Crippen LogP contribution in [0.1, 0.15) is 54.4 Å². The summed E-state index contributed by atoms with van der Waals surface area (Å²) in [5.41, 5.74) is -0.614. The molecule has 0 aliphatic carbocycles. The van der Waals surface area contributed by atoms with Crippen molar-refractivity contribution in [2.24, 2.45) is 5.92 Å². The number of amides is 1. The molecule has 0 aromatic carbocycles. The zero-order valence-electron chi connectivity index (χ0n) is 14.2. The second kappa shape index (κ2) is 6.77. The topological polar surface area (TPSA) is 58.6 Å². The van der Waals surface area contributed by atoms with E-state index >= 15 is 0 Å². The summed E-state index contributed by atoms with van der Waals surface area (Å²) in [6.45, 7) is 13.0. The molecule has 5 nitrogen and oxygen atoms in total. The van der Waals surface area contributed by atoms with Crippen molar-refractivity contribution in [2.45, 2.75) is 71.6 Å². The van der Waals surface area contributed by atoms with Crippen LogP contribution in [-0.2, 0) is 9.53 Å². The Hall–Kier alpha value is -1.10. The van der Waals surface area contributed by atoms with Crippen molar-refractivity contribution in [3.05, 3.63) is 0 Å². The van der Waals surface area contributed by atoms with Gasteiger partial charge in [-0.05, 0) is 60.3 Å². The van der Waals surface area contributed by atoms with Gasteiger partial charge in [0.15, 0.2) is 0 Å². The molecule has 0 radical (unpaired) electrons. The number of carbonyl (C=O) groups excluding carboxylic acids is 2. The van der Waals surface area contributed by atoms with E-state index < -0.39 is 5.60 Å². The van der Waals surface area contributed by atoms with Gasteiger partial charge in [-0.15, -0.1) is 0 Å². The summed E-state index contributed by atoms with van der Waals surface area (Å²) in [5, 5.41) is 3.34. The minimum atomic E-state index is -0.488. The largest absolute Gasteiger partial charge is 0.444 e. The number of likely N-dealkylation sites (tertiary alicyclic amines) is 1. The van der Waals surface area contributed by atoms with Gasteiger partial charge in [0.1, 0.15) is 11.9 Å². The number of piperidine rings is 1. The van der Waals surface area contributed by atoms with Gasteiger partial charge in [0.25, 0.3) is 0 Å². The van der Waals surface area contributed by atoms with Gasteiger partial charge < -0.3 is 19.7 Å². The molecule has 1 N–H and O–H groups in total. The Morgan fingerprint density at radius 2 is 1.90 bits per heavy atom. The van der Waals surface area contributed by atoms with Crippen LogP contribution in [0, 0.1) is 5.92 Å². The third-order valence-corrected chi connectivity index (χ3v) is 3.36. The van der Waals surface area contributed by atoms with Crippen LogP contribution in [0.3, 0.4) is 0 Å². The standard InChI is InChI=1S/C16H30N2O3/c1-15(2,3)17-13(11-19)12-8-7-9-18(10-12)14(20)21-16(4,5)6/h11-13,17H,7-10H2,1-6H3. The Morgan fingerprint density at radius 3 is 2.38 bits per heavy atom. The van der Waals surface area contributed by atoms with Gasteiger partial charge in [-0.3, -0.25) is 0 Å². The van der Waals surface area contributed by atoms with E-state index in [1.165, 1.54) is 0 Å². The Bertz CT molecular complexity index is 369. The lowest BCUT2D eigenvalue weighted by molar-refractivity contribution is -0.111. The Kier molecular flexibility index (Phi) is 5.79. The summed E-state index contributed by atoms with van der Waals surface area (Å²) in [4.78, 5) is 25.3. The number of nitrogens with one attached hydrogen (secondary N) is 1. The summed E-state index contributed by atoms with van der Waals surface area (Å²) in [5.74, 6) is 0.142. The predicted molar refractivity (Wildman–Crippen MR) is 83.3 cm³/mol. The first kappa shape index (κ1) is 18.0. The zero-order chi connectivity index (χ0) is 16.3. The van der Waals surface area contributed by atoms with E-state index in [1.807, 2.05) is 41.5 Å². The smallest absolute Gasteiger partial charge is 0.410 e. The van der Waals surface area contributed by atoms with E-state index in [1.54, 1.807) is 4.90 Å². The first-order chi connectivity index (χ1) is 9.52. The molecule has 0 aromatic heterocycles. The van der Waals surface area contributed by atoms with Crippen LogP contribution < -0.4 is 5.32 Å². The molecule has 1 saturated heterocycles. The predicted octanol–water partition coefficient (Wildman–Crippen LogP) is 2.59. The molecule has 1 amide bonds. The van der Waals surface area contributed by atoms with Crippen LogP contribution in [-0.4, -0.2) is 47.6 Å². The Labute approximate surface area is 128 Å². The summed E-state index contributed by atoms with van der Waals surface area (Å²) < 4.78 is 5.42. The maximum Gasteiger partial charge on any atom is 0.410 e. The summed E-state index contributed by atoms with van der Waals surface area (Å²) in [7, 11) is 0. The second-order valence-electron chi connectivity index (χ2n) is 7.88. The minimum absolute atomic E-state index is 0.125. The summed E-state index contributed by atoms with van der Waals surface area (Å²) in [6.07, 6.45) is 2.54. The van der Waals surface area contributed by atoms with E-state index in [9.17, 15) is 9.59 Å². The number of hydrogen-bond donors (Lipinski definition) is 1. The van der Waals surface area contributed by atoms with Crippen molar-refractivity contribution in [1.29, 1.82) is 0 Å². The molecule has 2 atom stereocenters. The van der Waals surface area contributed by atoms with E-state index in [0.29, 0.717) is 13.1 Å². The van der Waals surface area contributed by atoms with E-state index in [2.05, 4.69) is 5.32 Å². The lowest BCUT2D eigenvalue weighted by atomic mass is 9.90. The molecule has 1 aliphatic heterocycles. The van der Waals surface area contributed by atoms with Gasteiger partial charge in [-0.2, -0.15) is 0 Å². The molecule has 2 unspecified atom stereocenters. The third kappa shape index (κ3) is 6.46. The molecule has 0 spiro atoms. The Morgan fingerprint density at radius 1 is 1.29 bits per heavy atom. The average Bonchev–Trinajstić information content (AvgIpc) is 2.33. The van der Waals surface area contributed by atoms with Gasteiger partial charge in [0.05, 0.1) is 6.04 Å². The van der Waals surface area contributed by atoms with Gasteiger partial charge in [0, 0.05) is 18.6 Å². The maximum absolute atomic E-state index is 12.2. The van der Waals surface area contributed by atoms with Crippen LogP contribution in [0.4, 0.5) is 4.79 Å². The highest BCUT2D eigenvalue weighted by Crippen LogP contribution is 2.22. The van der Waals surface area contributed by atoms with Gasteiger partial charge in [-0.1, -0.05) is 0 Å². The van der Waals surface area contributed by atoms with Crippen LogP contribution in [0.25, 0.3) is 0 Å². The summed E-state index contributed by atoms with van der Waals surface area (Å²) in [6, 6.07) is -0.227. The molecular weight excluding hydrogens is 268 g/mol. The number of carbonyl (C=O) groups is 2. The van der Waals surface area contributed by atoms with E-state index in [0.717, 1.165) is 19.1 Å². The highest BCUT2D eigenvalue weighted by Gasteiger charge is 2.32. The fourth-order valence-electron chi connectivity index (χ4n) is 2.56. The Balaban J connectivity index is 2.66. The average molecular weight is 298 g/mol. The molecule has 1 rings (SSSR count). The first-order valence-corrected chi connectivity index (χ1v) is 7.73. The maximum atomic E-state index is 12.2. The fourth-order valence-corrected chi connectivity index (χ4v) is 2.56. The van der Waals surface area contributed by atoms with Gasteiger partial charge in [-0.25, -0.2) is 4.79 Å². The number of ether oxygens (including phenoxy) is 1. The van der Waals surface area contributed by atoms with Crippen molar-refractivity contribution in [2.75, 3.05) is 13.1 Å². The lowest BCUT2D eigenvalue weighted by Gasteiger charge is -2.38. The van der Waals surface area contributed by atoms with E-state index in [-0.39, 0.29) is 23.6 Å². The normalized spacial score (nSPS) is 21.8. The van der Waals surface area contributed by atoms with Crippen molar-refractivity contribution in [3.63, 3.8) is 0 Å². The molecule has 0 saturated carbocycles. The monoisotopic (exact) mass is 298 g/mol. The highest BCUT2D eigenvalue weighted by molar-refractivity contribution is 5.68. The quantitative estimate of drug-likeness (QED) is 0.814. The second-order valence-corrected chi connectivity index (χ2v) is 7.88. The molecule has 1 fully saturated rings. The molecule has 21 heavy (non-hydrogen) atoms. The van der Waals surface area contributed by atoms with Gasteiger partial charge >= 0.3 is 6.09 Å². The molecule has 1 heterocycles. The van der Waals surface area contributed by atoms with Crippen LogP contribution in [0.5, 0.6) is 0 Å². The molecule has 0 aromatic rings.